The SMILES string of the molecule is C=C(CC(=O)OCc1cccc([N+](=O)[O-])c1)C1(CC/C=C/C(=O)OCc2cccc([N+](=O)[O-])c2)C(=O)Oc2ccccc21. The zero-order chi connectivity index (χ0) is 31.0. The first kappa shape index (κ1) is 30.3. The van der Waals surface area contributed by atoms with Crippen molar-refractivity contribution >= 4 is 29.3 Å². The normalized spacial score (nSPS) is 15.4. The van der Waals surface area contributed by atoms with E-state index in [1.54, 1.807) is 36.4 Å². The van der Waals surface area contributed by atoms with E-state index in [1.165, 1.54) is 48.6 Å². The maximum atomic E-state index is 13.3. The number of ether oxygens (including phenoxy) is 3. The summed E-state index contributed by atoms with van der Waals surface area (Å²) in [5.74, 6) is -1.65. The lowest BCUT2D eigenvalue weighted by Crippen LogP contribution is -2.36. The molecular formula is C31H26N2O10. The van der Waals surface area contributed by atoms with Gasteiger partial charge in [-0.15, -0.1) is 0 Å². The van der Waals surface area contributed by atoms with E-state index in [4.69, 9.17) is 14.2 Å². The molecule has 220 valence electrons. The number of fused-ring (bicyclic) bond motifs is 1. The Hall–Kier alpha value is -5.65. The second kappa shape index (κ2) is 13.3. The molecule has 3 aromatic rings. The first-order chi connectivity index (χ1) is 20.6. The molecule has 0 spiro atoms. The van der Waals surface area contributed by atoms with E-state index in [9.17, 15) is 34.6 Å². The minimum absolute atomic E-state index is 0.119. The number of carbonyl (C=O) groups excluding carboxylic acids is 3. The lowest BCUT2D eigenvalue weighted by atomic mass is 9.71. The van der Waals surface area contributed by atoms with E-state index in [0.717, 1.165) is 0 Å². The molecule has 1 aliphatic heterocycles. The van der Waals surface area contributed by atoms with Gasteiger partial charge in [0.2, 0.25) is 0 Å². The highest BCUT2D eigenvalue weighted by molar-refractivity contribution is 5.95. The second-order valence-electron chi connectivity index (χ2n) is 9.63. The third-order valence-corrected chi connectivity index (χ3v) is 6.82. The summed E-state index contributed by atoms with van der Waals surface area (Å²) in [7, 11) is 0. The summed E-state index contributed by atoms with van der Waals surface area (Å²) < 4.78 is 16.0. The molecule has 12 nitrogen and oxygen atoms in total. The van der Waals surface area contributed by atoms with Crippen LogP contribution in [0.4, 0.5) is 11.4 Å². The summed E-state index contributed by atoms with van der Waals surface area (Å²) in [6, 6.07) is 18.2. The van der Waals surface area contributed by atoms with Crippen LogP contribution in [-0.4, -0.2) is 27.8 Å². The summed E-state index contributed by atoms with van der Waals surface area (Å²) >= 11 is 0. The van der Waals surface area contributed by atoms with E-state index in [0.29, 0.717) is 22.4 Å². The Bertz CT molecular complexity index is 1630. The monoisotopic (exact) mass is 586 g/mol. The lowest BCUT2D eigenvalue weighted by Gasteiger charge is -2.27. The molecule has 0 fully saturated rings. The van der Waals surface area contributed by atoms with E-state index in [1.807, 2.05) is 0 Å². The molecule has 43 heavy (non-hydrogen) atoms. The summed E-state index contributed by atoms with van der Waals surface area (Å²) in [5.41, 5.74) is -0.0103. The number of nitro groups is 2. The van der Waals surface area contributed by atoms with Gasteiger partial charge in [0.25, 0.3) is 11.4 Å². The molecule has 12 heteroatoms. The van der Waals surface area contributed by atoms with E-state index in [2.05, 4.69) is 6.58 Å². The Kier molecular flexibility index (Phi) is 9.40. The molecule has 0 radical (unpaired) electrons. The zero-order valence-electron chi connectivity index (χ0n) is 22.8. The van der Waals surface area contributed by atoms with Gasteiger partial charge in [0, 0.05) is 35.9 Å². The Morgan fingerprint density at radius 3 is 2.12 bits per heavy atom. The Labute approximate surface area is 245 Å². The predicted molar refractivity (Wildman–Crippen MR) is 152 cm³/mol. The molecule has 0 bridgehead atoms. The van der Waals surface area contributed by atoms with Gasteiger partial charge in [-0.25, -0.2) is 4.79 Å². The molecule has 1 atom stereocenters. The highest BCUT2D eigenvalue weighted by Crippen LogP contribution is 2.48. The lowest BCUT2D eigenvalue weighted by molar-refractivity contribution is -0.385. The zero-order valence-corrected chi connectivity index (χ0v) is 22.8. The first-order valence-corrected chi connectivity index (χ1v) is 13.1. The van der Waals surface area contributed by atoms with Gasteiger partial charge in [0.1, 0.15) is 24.4 Å². The largest absolute Gasteiger partial charge is 0.461 e. The highest BCUT2D eigenvalue weighted by atomic mass is 16.6. The molecule has 0 amide bonds. The van der Waals surface area contributed by atoms with Crippen molar-refractivity contribution in [2.45, 2.75) is 37.9 Å². The number of rotatable bonds is 13. The van der Waals surface area contributed by atoms with Crippen LogP contribution in [0.25, 0.3) is 0 Å². The Morgan fingerprint density at radius 2 is 1.49 bits per heavy atom. The van der Waals surface area contributed by atoms with Crippen molar-refractivity contribution in [3.05, 3.63) is 134 Å². The number of hydrogen-bond donors (Lipinski definition) is 0. The maximum absolute atomic E-state index is 13.3. The van der Waals surface area contributed by atoms with Crippen molar-refractivity contribution in [1.82, 2.24) is 0 Å². The van der Waals surface area contributed by atoms with Crippen molar-refractivity contribution in [3.8, 4) is 5.75 Å². The Morgan fingerprint density at radius 1 is 0.884 bits per heavy atom. The standard InChI is InChI=1S/C31H26N2O10/c1-21(16-29(35)42-20-23-9-7-11-25(18-23)33(39)40)31(26-12-2-3-13-27(26)43-30(31)36)15-5-4-14-28(34)41-19-22-8-6-10-24(17-22)32(37)38/h2-4,6-14,17-18H,1,5,15-16,19-20H2/b14-4+. The molecule has 0 aliphatic carbocycles. The van der Waals surface area contributed by atoms with Crippen molar-refractivity contribution in [1.29, 1.82) is 0 Å². The van der Waals surface area contributed by atoms with Crippen molar-refractivity contribution in [2.75, 3.05) is 0 Å². The summed E-state index contributed by atoms with van der Waals surface area (Å²) in [6.45, 7) is 3.66. The quantitative estimate of drug-likeness (QED) is 0.0629. The number of benzene rings is 3. The summed E-state index contributed by atoms with van der Waals surface area (Å²) in [4.78, 5) is 59.1. The number of non-ortho nitro benzene ring substituents is 2. The fourth-order valence-electron chi connectivity index (χ4n) is 4.70. The number of nitrogens with zero attached hydrogens (tertiary/aromatic N) is 2. The predicted octanol–water partition coefficient (Wildman–Crippen LogP) is 5.43. The molecular weight excluding hydrogens is 560 g/mol. The van der Waals surface area contributed by atoms with Crippen molar-refractivity contribution in [2.24, 2.45) is 0 Å². The van der Waals surface area contributed by atoms with Gasteiger partial charge < -0.3 is 14.2 Å². The van der Waals surface area contributed by atoms with Gasteiger partial charge in [-0.05, 0) is 35.6 Å². The van der Waals surface area contributed by atoms with Crippen LogP contribution < -0.4 is 4.74 Å². The van der Waals surface area contributed by atoms with Crippen molar-refractivity contribution in [3.63, 3.8) is 0 Å². The fourth-order valence-corrected chi connectivity index (χ4v) is 4.70. The van der Waals surface area contributed by atoms with Crippen LogP contribution in [0.3, 0.4) is 0 Å². The molecule has 1 unspecified atom stereocenters. The summed E-state index contributed by atoms with van der Waals surface area (Å²) in [6.07, 6.45) is 2.70. The van der Waals surface area contributed by atoms with E-state index >= 15 is 0 Å². The van der Waals surface area contributed by atoms with Gasteiger partial charge in [-0.2, -0.15) is 0 Å². The first-order valence-electron chi connectivity index (χ1n) is 13.1. The average Bonchev–Trinajstić information content (AvgIpc) is 3.29. The molecule has 0 aromatic heterocycles. The number of para-hydroxylation sites is 1. The molecule has 0 saturated carbocycles. The molecule has 4 rings (SSSR count). The maximum Gasteiger partial charge on any atom is 0.330 e. The highest BCUT2D eigenvalue weighted by Gasteiger charge is 2.50. The summed E-state index contributed by atoms with van der Waals surface area (Å²) in [5, 5.41) is 21.9. The third-order valence-electron chi connectivity index (χ3n) is 6.82. The molecule has 0 saturated heterocycles. The topological polar surface area (TPSA) is 165 Å². The van der Waals surface area contributed by atoms with Crippen LogP contribution in [-0.2, 0) is 42.5 Å². The number of carbonyl (C=O) groups is 3. The van der Waals surface area contributed by atoms with Crippen LogP contribution in [0, 0.1) is 20.2 Å². The Balaban J connectivity index is 1.40. The van der Waals surface area contributed by atoms with Crippen LogP contribution in [0.1, 0.15) is 36.0 Å². The number of hydrogen-bond acceptors (Lipinski definition) is 10. The van der Waals surface area contributed by atoms with E-state index in [-0.39, 0.29) is 49.4 Å². The number of allylic oxidation sites excluding steroid dienone is 1. The molecule has 0 N–H and O–H groups in total. The van der Waals surface area contributed by atoms with Gasteiger partial charge in [0.15, 0.2) is 0 Å². The molecule has 1 heterocycles. The fraction of sp³-hybridized carbons (Fsp3) is 0.194. The number of esters is 3. The van der Waals surface area contributed by atoms with Crippen LogP contribution in [0.2, 0.25) is 0 Å². The molecule has 1 aliphatic rings. The van der Waals surface area contributed by atoms with Crippen LogP contribution in [0.15, 0.2) is 97.1 Å². The van der Waals surface area contributed by atoms with Gasteiger partial charge in [-0.3, -0.25) is 29.8 Å². The van der Waals surface area contributed by atoms with Gasteiger partial charge in [0.05, 0.1) is 16.3 Å². The molecule has 3 aromatic carbocycles. The minimum Gasteiger partial charge on any atom is -0.461 e. The van der Waals surface area contributed by atoms with Gasteiger partial charge in [-0.1, -0.05) is 55.1 Å². The minimum atomic E-state index is -1.39. The average molecular weight is 587 g/mol. The smallest absolute Gasteiger partial charge is 0.330 e. The number of nitro benzene ring substituents is 2. The van der Waals surface area contributed by atoms with Gasteiger partial charge >= 0.3 is 17.9 Å². The third kappa shape index (κ3) is 7.17. The van der Waals surface area contributed by atoms with Crippen LogP contribution in [0.5, 0.6) is 5.75 Å². The van der Waals surface area contributed by atoms with Crippen molar-refractivity contribution < 1.29 is 38.4 Å². The second-order valence-corrected chi connectivity index (χ2v) is 9.63. The van der Waals surface area contributed by atoms with Crippen LogP contribution >= 0.6 is 0 Å². The van der Waals surface area contributed by atoms with E-state index < -0.39 is 33.2 Å².